The maximum Gasteiger partial charge on any atom is 0.149 e. The lowest BCUT2D eigenvalue weighted by molar-refractivity contribution is -0.0737. The first-order valence-corrected chi connectivity index (χ1v) is 10.6. The van der Waals surface area contributed by atoms with Gasteiger partial charge in [-0.25, -0.2) is 0 Å². The van der Waals surface area contributed by atoms with E-state index in [0.717, 1.165) is 12.8 Å². The second kappa shape index (κ2) is 15.4. The predicted octanol–water partition coefficient (Wildman–Crippen LogP) is 3.70. The summed E-state index contributed by atoms with van der Waals surface area (Å²) >= 11 is 0. The highest BCUT2D eigenvalue weighted by molar-refractivity contribution is 4.90. The summed E-state index contributed by atoms with van der Waals surface area (Å²) in [4.78, 5) is 0. The number of rotatable bonds is 16. The van der Waals surface area contributed by atoms with Gasteiger partial charge in [0.1, 0.15) is 24.4 Å². The molecule has 1 aliphatic heterocycles. The summed E-state index contributed by atoms with van der Waals surface area (Å²) in [6, 6.07) is 0. The Kier molecular flexibility index (Phi) is 13.9. The Hall–Kier alpha value is -0.620. The van der Waals surface area contributed by atoms with E-state index in [4.69, 9.17) is 9.47 Å². The largest absolute Gasteiger partial charge is 0.493 e. The van der Waals surface area contributed by atoms with Gasteiger partial charge in [-0.2, -0.15) is 0 Å². The van der Waals surface area contributed by atoms with Crippen molar-refractivity contribution in [2.75, 3.05) is 13.2 Å². The van der Waals surface area contributed by atoms with Crippen LogP contribution in [0.4, 0.5) is 0 Å². The molecule has 154 valence electrons. The van der Waals surface area contributed by atoms with Crippen molar-refractivity contribution < 1.29 is 24.8 Å². The molecule has 3 N–H and O–H groups in total. The van der Waals surface area contributed by atoms with E-state index in [1.165, 1.54) is 64.2 Å². The van der Waals surface area contributed by atoms with Crippen LogP contribution in [0.1, 0.15) is 84.0 Å². The quantitative estimate of drug-likeness (QED) is 0.284. The van der Waals surface area contributed by atoms with Crippen LogP contribution in [0.5, 0.6) is 0 Å². The highest BCUT2D eigenvalue weighted by atomic mass is 16.6. The van der Waals surface area contributed by atoms with Crippen LogP contribution in [0.25, 0.3) is 0 Å². The summed E-state index contributed by atoms with van der Waals surface area (Å²) in [5.74, 6) is 0. The normalized spacial score (nSPS) is 24.4. The van der Waals surface area contributed by atoms with E-state index in [1.807, 2.05) is 6.08 Å². The molecule has 0 aromatic carbocycles. The molecule has 1 rings (SSSR count). The van der Waals surface area contributed by atoms with E-state index >= 15 is 0 Å². The molecule has 26 heavy (non-hydrogen) atoms. The van der Waals surface area contributed by atoms with Gasteiger partial charge in [-0.15, -0.1) is 0 Å². The minimum atomic E-state index is -1.01. The number of aliphatic hydroxyl groups excluding tert-OH is 3. The molecule has 0 amide bonds. The Morgan fingerprint density at radius 3 is 2.04 bits per heavy atom. The van der Waals surface area contributed by atoms with Crippen LogP contribution in [-0.2, 0) is 9.47 Å². The average Bonchev–Trinajstić information content (AvgIpc) is 2.98. The van der Waals surface area contributed by atoms with E-state index in [1.54, 1.807) is 6.26 Å². The topological polar surface area (TPSA) is 79.2 Å². The van der Waals surface area contributed by atoms with Crippen LogP contribution in [0, 0.1) is 0 Å². The Morgan fingerprint density at radius 2 is 1.54 bits per heavy atom. The van der Waals surface area contributed by atoms with Gasteiger partial charge < -0.3 is 24.8 Å². The molecule has 5 heteroatoms. The Balaban J connectivity index is 1.94. The van der Waals surface area contributed by atoms with E-state index in [2.05, 4.69) is 6.92 Å². The molecule has 0 aliphatic carbocycles. The molecule has 1 saturated heterocycles. The Morgan fingerprint density at radius 1 is 0.962 bits per heavy atom. The fourth-order valence-electron chi connectivity index (χ4n) is 3.33. The summed E-state index contributed by atoms with van der Waals surface area (Å²) in [6.07, 6.45) is 15.9. The van der Waals surface area contributed by atoms with Crippen LogP contribution in [0.15, 0.2) is 12.3 Å². The first kappa shape index (κ1) is 23.4. The number of aliphatic hydroxyl groups is 3. The number of hydrogen-bond donors (Lipinski definition) is 3. The molecule has 0 aromatic heterocycles. The molecule has 0 aromatic rings. The van der Waals surface area contributed by atoms with Crippen molar-refractivity contribution in [3.8, 4) is 0 Å². The fourth-order valence-corrected chi connectivity index (χ4v) is 3.33. The van der Waals surface area contributed by atoms with Crippen molar-refractivity contribution in [2.24, 2.45) is 0 Å². The monoisotopic (exact) mass is 372 g/mol. The van der Waals surface area contributed by atoms with Crippen LogP contribution >= 0.6 is 0 Å². The van der Waals surface area contributed by atoms with E-state index < -0.39 is 24.4 Å². The van der Waals surface area contributed by atoms with Gasteiger partial charge in [0.25, 0.3) is 0 Å². The second-order valence-electron chi connectivity index (χ2n) is 7.41. The van der Waals surface area contributed by atoms with E-state index in [9.17, 15) is 15.3 Å². The van der Waals surface area contributed by atoms with Gasteiger partial charge in [0.15, 0.2) is 0 Å². The zero-order valence-electron chi connectivity index (χ0n) is 16.5. The smallest absolute Gasteiger partial charge is 0.149 e. The Labute approximate surface area is 159 Å². The maximum atomic E-state index is 9.78. The van der Waals surface area contributed by atoms with Gasteiger partial charge in [-0.1, -0.05) is 71.1 Å². The van der Waals surface area contributed by atoms with E-state index in [-0.39, 0.29) is 13.2 Å². The number of allylic oxidation sites excluding steroid dienone is 1. The lowest BCUT2D eigenvalue weighted by atomic mass is 10.1. The minimum Gasteiger partial charge on any atom is -0.493 e. The minimum absolute atomic E-state index is 0.0775. The average molecular weight is 373 g/mol. The third-order valence-electron chi connectivity index (χ3n) is 5.06. The van der Waals surface area contributed by atoms with Crippen LogP contribution in [0.2, 0.25) is 0 Å². The number of unbranched alkanes of at least 4 members (excludes halogenated alkanes) is 11. The maximum absolute atomic E-state index is 9.78. The summed E-state index contributed by atoms with van der Waals surface area (Å²) in [6.45, 7) is 2.08. The summed E-state index contributed by atoms with van der Waals surface area (Å²) in [5, 5.41) is 28.6. The zero-order valence-corrected chi connectivity index (χ0v) is 16.5. The predicted molar refractivity (Wildman–Crippen MR) is 104 cm³/mol. The van der Waals surface area contributed by atoms with Gasteiger partial charge in [0.2, 0.25) is 0 Å². The van der Waals surface area contributed by atoms with Crippen molar-refractivity contribution in [3.05, 3.63) is 12.3 Å². The van der Waals surface area contributed by atoms with Crippen molar-refractivity contribution in [1.29, 1.82) is 0 Å². The molecule has 0 bridgehead atoms. The van der Waals surface area contributed by atoms with Gasteiger partial charge in [0.05, 0.1) is 19.5 Å². The van der Waals surface area contributed by atoms with Gasteiger partial charge in [-0.3, -0.25) is 0 Å². The number of hydrogen-bond acceptors (Lipinski definition) is 5. The first-order valence-electron chi connectivity index (χ1n) is 10.6. The van der Waals surface area contributed by atoms with Gasteiger partial charge in [-0.05, 0) is 18.9 Å². The molecule has 1 aliphatic rings. The SMILES string of the molecule is CCCCCCCCCCCCC/C=C/O[C@H](CO)[C@@H]1OC[C@H](O)[C@@H]1O. The standard InChI is InChI=1S/C21H40O5/c1-2-3-4-5-6-7-8-9-10-11-12-13-14-15-25-19(16-22)21-20(24)18(23)17-26-21/h14-15,18-24H,2-13,16-17H2,1H3/b15-14+/t18-,19+,20-,21-/m0/s1. The highest BCUT2D eigenvalue weighted by Gasteiger charge is 2.40. The molecule has 4 atom stereocenters. The van der Waals surface area contributed by atoms with Crippen LogP contribution in [0.3, 0.4) is 0 Å². The molecular weight excluding hydrogens is 332 g/mol. The molecule has 0 spiro atoms. The molecule has 1 fully saturated rings. The fraction of sp³-hybridized carbons (Fsp3) is 0.905. The van der Waals surface area contributed by atoms with Crippen molar-refractivity contribution in [1.82, 2.24) is 0 Å². The molecule has 0 saturated carbocycles. The summed E-state index contributed by atoms with van der Waals surface area (Å²) in [5.41, 5.74) is 0. The molecule has 0 radical (unpaired) electrons. The lowest BCUT2D eigenvalue weighted by Crippen LogP contribution is -2.41. The molecule has 0 unspecified atom stereocenters. The van der Waals surface area contributed by atoms with E-state index in [0.29, 0.717) is 0 Å². The van der Waals surface area contributed by atoms with Crippen molar-refractivity contribution >= 4 is 0 Å². The lowest BCUT2D eigenvalue weighted by Gasteiger charge is -2.23. The third kappa shape index (κ3) is 9.91. The molecular formula is C21H40O5. The molecule has 1 heterocycles. The first-order chi connectivity index (χ1) is 12.7. The van der Waals surface area contributed by atoms with Gasteiger partial charge in [0, 0.05) is 0 Å². The third-order valence-corrected chi connectivity index (χ3v) is 5.06. The highest BCUT2D eigenvalue weighted by Crippen LogP contribution is 2.19. The zero-order chi connectivity index (χ0) is 19.0. The number of ether oxygens (including phenoxy) is 2. The summed E-state index contributed by atoms with van der Waals surface area (Å²) < 4.78 is 10.7. The van der Waals surface area contributed by atoms with Crippen LogP contribution in [-0.4, -0.2) is 52.9 Å². The molecule has 5 nitrogen and oxygen atoms in total. The second-order valence-corrected chi connectivity index (χ2v) is 7.41. The summed E-state index contributed by atoms with van der Waals surface area (Å²) in [7, 11) is 0. The van der Waals surface area contributed by atoms with Crippen molar-refractivity contribution in [2.45, 2.75) is 108 Å². The van der Waals surface area contributed by atoms with Crippen LogP contribution < -0.4 is 0 Å². The van der Waals surface area contributed by atoms with Crippen molar-refractivity contribution in [3.63, 3.8) is 0 Å². The van der Waals surface area contributed by atoms with Gasteiger partial charge >= 0.3 is 0 Å². The Bertz CT molecular complexity index is 347.